The minimum absolute atomic E-state index is 0.0362. The fourth-order valence-electron chi connectivity index (χ4n) is 3.26. The molecule has 0 unspecified atom stereocenters. The lowest BCUT2D eigenvalue weighted by molar-refractivity contribution is 0.0473. The van der Waals surface area contributed by atoms with Gasteiger partial charge in [0.25, 0.3) is 0 Å². The lowest BCUT2D eigenvalue weighted by Gasteiger charge is -2.08. The number of fused-ring (bicyclic) bond motifs is 1. The van der Waals surface area contributed by atoms with E-state index in [0.717, 1.165) is 22.5 Å². The van der Waals surface area contributed by atoms with Crippen molar-refractivity contribution in [3.63, 3.8) is 0 Å². The third kappa shape index (κ3) is 4.84. The second-order valence-electron chi connectivity index (χ2n) is 7.56. The van der Waals surface area contributed by atoms with Gasteiger partial charge in [0.2, 0.25) is 0 Å². The molecule has 1 heterocycles. The average molecular weight is 447 g/mol. The predicted molar refractivity (Wildman–Crippen MR) is 122 cm³/mol. The lowest BCUT2D eigenvalue weighted by Crippen LogP contribution is -2.07. The number of rotatable bonds is 6. The molecule has 162 valence electrons. The van der Waals surface area contributed by atoms with Crippen molar-refractivity contribution >= 4 is 26.8 Å². The van der Waals surface area contributed by atoms with Gasteiger partial charge in [-0.25, -0.2) is 23.2 Å². The number of nitrogens with zero attached hydrogens (tertiary/aromatic N) is 2. The molecule has 0 aliphatic rings. The summed E-state index contributed by atoms with van der Waals surface area (Å²) in [6, 6.07) is 20.5. The van der Waals surface area contributed by atoms with E-state index < -0.39 is 15.8 Å². The zero-order valence-corrected chi connectivity index (χ0v) is 18.6. The van der Waals surface area contributed by atoms with Crippen LogP contribution in [-0.4, -0.2) is 24.4 Å². The Balaban J connectivity index is 1.42. The molecule has 0 atom stereocenters. The van der Waals surface area contributed by atoms with Crippen LogP contribution in [-0.2, 0) is 26.9 Å². The van der Waals surface area contributed by atoms with Crippen molar-refractivity contribution in [1.82, 2.24) is 9.97 Å². The molecule has 0 aliphatic carbocycles. The molecule has 0 amide bonds. The van der Waals surface area contributed by atoms with Crippen molar-refractivity contribution in [3.8, 4) is 0 Å². The first kappa shape index (κ1) is 21.6. The SMILES string of the molecule is Cc1nc2ccc(C(=O)OCc3ccc(S(=O)(=O)Cc4ccccc4)cc3)cc2nc1C. The number of esters is 1. The van der Waals surface area contributed by atoms with Gasteiger partial charge in [0, 0.05) is 0 Å². The van der Waals surface area contributed by atoms with E-state index in [1.807, 2.05) is 32.0 Å². The molecule has 7 heteroatoms. The van der Waals surface area contributed by atoms with Crippen LogP contribution in [0.15, 0.2) is 77.7 Å². The molecule has 0 saturated heterocycles. The minimum atomic E-state index is -3.45. The van der Waals surface area contributed by atoms with Gasteiger partial charge >= 0.3 is 5.97 Å². The third-order valence-corrected chi connectivity index (χ3v) is 6.87. The largest absolute Gasteiger partial charge is 0.457 e. The van der Waals surface area contributed by atoms with Gasteiger partial charge in [0.05, 0.1) is 38.6 Å². The number of carbonyl (C=O) groups is 1. The Morgan fingerprint density at radius 2 is 1.47 bits per heavy atom. The molecule has 1 aromatic heterocycles. The summed E-state index contributed by atoms with van der Waals surface area (Å²) in [5.41, 5.74) is 4.83. The maximum absolute atomic E-state index is 12.6. The first-order chi connectivity index (χ1) is 15.3. The molecule has 6 nitrogen and oxygen atoms in total. The monoisotopic (exact) mass is 446 g/mol. The Kier molecular flexibility index (Phi) is 6.01. The van der Waals surface area contributed by atoms with Gasteiger partial charge in [0.15, 0.2) is 9.84 Å². The van der Waals surface area contributed by atoms with Crippen molar-refractivity contribution in [2.45, 2.75) is 31.1 Å². The fourth-order valence-corrected chi connectivity index (χ4v) is 4.61. The molecule has 0 bridgehead atoms. The number of carbonyl (C=O) groups excluding carboxylic acids is 1. The van der Waals surface area contributed by atoms with E-state index in [9.17, 15) is 13.2 Å². The Hall–Kier alpha value is -3.58. The van der Waals surface area contributed by atoms with E-state index in [2.05, 4.69) is 9.97 Å². The Morgan fingerprint density at radius 1 is 0.812 bits per heavy atom. The second-order valence-corrected chi connectivity index (χ2v) is 9.55. The van der Waals surface area contributed by atoms with Crippen LogP contribution in [0.3, 0.4) is 0 Å². The summed E-state index contributed by atoms with van der Waals surface area (Å²) in [7, 11) is -3.45. The number of ether oxygens (including phenoxy) is 1. The van der Waals surface area contributed by atoms with Crippen LogP contribution in [0.25, 0.3) is 11.0 Å². The van der Waals surface area contributed by atoms with Gasteiger partial charge in [-0.1, -0.05) is 42.5 Å². The highest BCUT2D eigenvalue weighted by atomic mass is 32.2. The molecule has 0 aliphatic heterocycles. The summed E-state index contributed by atoms with van der Waals surface area (Å²) in [5.74, 6) is -0.542. The van der Waals surface area contributed by atoms with E-state index >= 15 is 0 Å². The summed E-state index contributed by atoms with van der Waals surface area (Å²) >= 11 is 0. The summed E-state index contributed by atoms with van der Waals surface area (Å²) in [6.45, 7) is 3.80. The number of aryl methyl sites for hydroxylation is 2. The van der Waals surface area contributed by atoms with E-state index in [-0.39, 0.29) is 17.3 Å². The first-order valence-electron chi connectivity index (χ1n) is 10.1. The molecule has 0 radical (unpaired) electrons. The molecule has 0 N–H and O–H groups in total. The Bertz CT molecular complexity index is 1380. The Morgan fingerprint density at radius 3 is 2.16 bits per heavy atom. The molecule has 4 aromatic rings. The maximum Gasteiger partial charge on any atom is 0.338 e. The first-order valence-corrected chi connectivity index (χ1v) is 11.7. The summed E-state index contributed by atoms with van der Waals surface area (Å²) in [5, 5.41) is 0. The summed E-state index contributed by atoms with van der Waals surface area (Å²) in [6.07, 6.45) is 0. The normalized spacial score (nSPS) is 11.4. The molecule has 32 heavy (non-hydrogen) atoms. The van der Waals surface area contributed by atoms with Crippen LogP contribution in [0.2, 0.25) is 0 Å². The molecular weight excluding hydrogens is 424 g/mol. The van der Waals surface area contributed by atoms with Crippen molar-refractivity contribution in [2.75, 3.05) is 0 Å². The highest BCUT2D eigenvalue weighted by Crippen LogP contribution is 2.19. The smallest absolute Gasteiger partial charge is 0.338 e. The summed E-state index contributed by atoms with van der Waals surface area (Å²) in [4.78, 5) is 21.6. The lowest BCUT2D eigenvalue weighted by atomic mass is 10.2. The third-order valence-electron chi connectivity index (χ3n) is 5.16. The number of hydrogen-bond donors (Lipinski definition) is 0. The number of aromatic nitrogens is 2. The highest BCUT2D eigenvalue weighted by molar-refractivity contribution is 7.90. The van der Waals surface area contributed by atoms with Crippen molar-refractivity contribution in [1.29, 1.82) is 0 Å². The van der Waals surface area contributed by atoms with Crippen LogP contribution in [0, 0.1) is 13.8 Å². The van der Waals surface area contributed by atoms with Crippen LogP contribution in [0.5, 0.6) is 0 Å². The van der Waals surface area contributed by atoms with E-state index in [4.69, 9.17) is 4.74 Å². The van der Waals surface area contributed by atoms with Gasteiger partial charge in [-0.3, -0.25) is 0 Å². The topological polar surface area (TPSA) is 86.2 Å². The van der Waals surface area contributed by atoms with Crippen LogP contribution in [0.4, 0.5) is 0 Å². The fraction of sp³-hybridized carbons (Fsp3) is 0.160. The standard InChI is InChI=1S/C25H22N2O4S/c1-17-18(2)27-24-14-21(10-13-23(24)26-17)25(28)31-15-19-8-11-22(12-9-19)32(29,30)16-20-6-4-3-5-7-20/h3-14H,15-16H2,1-2H3. The molecule has 0 saturated carbocycles. The maximum atomic E-state index is 12.6. The van der Waals surface area contributed by atoms with Gasteiger partial charge in [-0.15, -0.1) is 0 Å². The van der Waals surface area contributed by atoms with E-state index in [1.54, 1.807) is 42.5 Å². The number of hydrogen-bond acceptors (Lipinski definition) is 6. The molecular formula is C25H22N2O4S. The quantitative estimate of drug-likeness (QED) is 0.403. The van der Waals surface area contributed by atoms with Gasteiger partial charge in [0.1, 0.15) is 6.61 Å². The van der Waals surface area contributed by atoms with Crippen LogP contribution >= 0.6 is 0 Å². The van der Waals surface area contributed by atoms with Crippen LogP contribution < -0.4 is 0 Å². The highest BCUT2D eigenvalue weighted by Gasteiger charge is 2.16. The van der Waals surface area contributed by atoms with Gasteiger partial charge < -0.3 is 4.74 Å². The molecule has 4 rings (SSSR count). The molecule has 3 aromatic carbocycles. The minimum Gasteiger partial charge on any atom is -0.457 e. The number of sulfone groups is 1. The number of benzene rings is 3. The van der Waals surface area contributed by atoms with Crippen molar-refractivity contribution in [2.24, 2.45) is 0 Å². The molecule has 0 spiro atoms. The molecule has 0 fully saturated rings. The summed E-state index contributed by atoms with van der Waals surface area (Å²) < 4.78 is 30.6. The van der Waals surface area contributed by atoms with E-state index in [1.165, 1.54) is 12.1 Å². The van der Waals surface area contributed by atoms with Gasteiger partial charge in [-0.2, -0.15) is 0 Å². The zero-order valence-electron chi connectivity index (χ0n) is 17.8. The van der Waals surface area contributed by atoms with Crippen molar-refractivity contribution < 1.29 is 17.9 Å². The van der Waals surface area contributed by atoms with Crippen LogP contribution in [0.1, 0.15) is 32.9 Å². The zero-order chi connectivity index (χ0) is 22.7. The second kappa shape index (κ2) is 8.88. The van der Waals surface area contributed by atoms with Gasteiger partial charge in [-0.05, 0) is 55.3 Å². The van der Waals surface area contributed by atoms with Crippen molar-refractivity contribution in [3.05, 3.63) is 101 Å². The Labute approximate surface area is 186 Å². The predicted octanol–water partition coefficient (Wildman–Crippen LogP) is 4.58. The van der Waals surface area contributed by atoms with E-state index in [0.29, 0.717) is 16.6 Å². The average Bonchev–Trinajstić information content (AvgIpc) is 2.78.